The Morgan fingerprint density at radius 2 is 1.50 bits per heavy atom. The summed E-state index contributed by atoms with van der Waals surface area (Å²) in [5.41, 5.74) is 8.78. The first-order valence-corrected chi connectivity index (χ1v) is 14.7. The van der Waals surface area contributed by atoms with Crippen molar-refractivity contribution in [2.75, 3.05) is 34.2 Å². The lowest BCUT2D eigenvalue weighted by Crippen LogP contribution is -2.31. The zero-order valence-electron chi connectivity index (χ0n) is 24.5. The normalized spacial score (nSPS) is 15.0. The maximum atomic E-state index is 10.5. The largest absolute Gasteiger partial charge is 0.309 e. The van der Waals surface area contributed by atoms with Crippen LogP contribution in [0.25, 0.3) is 11.3 Å². The summed E-state index contributed by atoms with van der Waals surface area (Å²) in [7, 11) is 5.93. The Hall–Kier alpha value is -4.03. The zero-order valence-corrected chi connectivity index (χ0v) is 25.2. The fraction of sp³-hybridized carbons (Fsp3) is 0.222. The molecule has 214 valence electrons. The van der Waals surface area contributed by atoms with Crippen molar-refractivity contribution in [3.8, 4) is 0 Å². The molecule has 1 aliphatic carbocycles. The fourth-order valence-electron chi connectivity index (χ4n) is 5.45. The minimum atomic E-state index is 0.229. The smallest absolute Gasteiger partial charge is 0.145 e. The molecule has 0 aromatic heterocycles. The van der Waals surface area contributed by atoms with Gasteiger partial charge in [-0.1, -0.05) is 96.5 Å². The third-order valence-corrected chi connectivity index (χ3v) is 7.76. The van der Waals surface area contributed by atoms with E-state index in [4.69, 9.17) is 11.6 Å². The molecular weight excluding hydrogens is 540 g/mol. The summed E-state index contributed by atoms with van der Waals surface area (Å²) >= 11 is 6.12. The number of amidine groups is 1. The quantitative estimate of drug-likeness (QED) is 0.323. The predicted molar refractivity (Wildman–Crippen MR) is 174 cm³/mol. The summed E-state index contributed by atoms with van der Waals surface area (Å²) in [6.07, 6.45) is 5.78. The third kappa shape index (κ3) is 6.88. The Morgan fingerprint density at radius 1 is 0.881 bits per heavy atom. The maximum Gasteiger partial charge on any atom is 0.145 e. The van der Waals surface area contributed by atoms with Gasteiger partial charge in [0, 0.05) is 29.4 Å². The van der Waals surface area contributed by atoms with Crippen LogP contribution in [-0.4, -0.2) is 55.2 Å². The van der Waals surface area contributed by atoms with Crippen LogP contribution >= 0.6 is 11.6 Å². The number of nitrogens with zero attached hydrogens (tertiary/aromatic N) is 4. The van der Waals surface area contributed by atoms with E-state index in [0.29, 0.717) is 16.6 Å². The van der Waals surface area contributed by atoms with Gasteiger partial charge in [0.15, 0.2) is 0 Å². The molecule has 0 saturated carbocycles. The summed E-state index contributed by atoms with van der Waals surface area (Å²) < 4.78 is 0. The van der Waals surface area contributed by atoms with Gasteiger partial charge in [-0.05, 0) is 79.4 Å². The van der Waals surface area contributed by atoms with Crippen molar-refractivity contribution in [1.29, 1.82) is 0 Å². The first-order valence-electron chi connectivity index (χ1n) is 14.3. The molecule has 0 amide bonds. The van der Waals surface area contributed by atoms with E-state index in [1.54, 1.807) is 13.1 Å². The van der Waals surface area contributed by atoms with Gasteiger partial charge in [0.2, 0.25) is 0 Å². The molecule has 0 spiro atoms. The lowest BCUT2D eigenvalue weighted by molar-refractivity contribution is -0.0119. The van der Waals surface area contributed by atoms with E-state index in [-0.39, 0.29) is 6.54 Å². The van der Waals surface area contributed by atoms with Crippen LogP contribution in [-0.2, 0) is 12.8 Å². The number of benzene rings is 4. The highest BCUT2D eigenvalue weighted by molar-refractivity contribution is 6.30. The lowest BCUT2D eigenvalue weighted by Gasteiger charge is -2.19. The van der Waals surface area contributed by atoms with Crippen LogP contribution in [0.2, 0.25) is 5.02 Å². The molecule has 1 N–H and O–H groups in total. The average Bonchev–Trinajstić information content (AvgIpc) is 3.25. The Balaban J connectivity index is 0.000000168. The minimum Gasteiger partial charge on any atom is -0.309 e. The molecule has 1 heterocycles. The van der Waals surface area contributed by atoms with Crippen molar-refractivity contribution in [2.24, 2.45) is 9.98 Å². The highest BCUT2D eigenvalue weighted by atomic mass is 35.5. The molecule has 6 rings (SSSR count). The topological polar surface area (TPSA) is 51.4 Å². The monoisotopic (exact) mass is 576 g/mol. The molecule has 4 aromatic carbocycles. The molecule has 42 heavy (non-hydrogen) atoms. The third-order valence-electron chi connectivity index (χ3n) is 7.52. The molecule has 0 bridgehead atoms. The molecule has 6 heteroatoms. The molecule has 0 atom stereocenters. The van der Waals surface area contributed by atoms with Gasteiger partial charge in [-0.2, -0.15) is 0 Å². The summed E-state index contributed by atoms with van der Waals surface area (Å²) in [6, 6.07) is 32.9. The van der Waals surface area contributed by atoms with Gasteiger partial charge in [0.25, 0.3) is 0 Å². The van der Waals surface area contributed by atoms with Gasteiger partial charge in [0.05, 0.1) is 11.1 Å². The van der Waals surface area contributed by atoms with Gasteiger partial charge < -0.3 is 4.90 Å². The first-order chi connectivity index (χ1) is 20.4. The van der Waals surface area contributed by atoms with Crippen LogP contribution in [0.4, 0.5) is 0 Å². The van der Waals surface area contributed by atoms with E-state index >= 15 is 0 Å². The molecule has 2 aliphatic rings. The second-order valence-electron chi connectivity index (χ2n) is 10.7. The Kier molecular flexibility index (Phi) is 9.65. The Bertz CT molecular complexity index is 1680. The number of halogens is 1. The molecule has 1 aliphatic heterocycles. The molecule has 0 saturated heterocycles. The highest BCUT2D eigenvalue weighted by Crippen LogP contribution is 2.33. The standard InChI is InChI=1S/C20H23N.C16H14ClN3O/c1-21(2)15-7-12-20-18-10-5-3-8-16(18)13-14-17-9-4-6-11-19(17)20;1-18-15-10-20(21)16(11-5-3-2-4-6-11)13-9-12(17)7-8-14(13)19-15/h3-6,8-12H,7,13-15H2,1-2H3;2-9,21H,10H2,1H3. The number of aryl methyl sites for hydroxylation is 2. The molecule has 0 unspecified atom stereocenters. The van der Waals surface area contributed by atoms with Crippen LogP contribution in [0.5, 0.6) is 0 Å². The van der Waals surface area contributed by atoms with Crippen molar-refractivity contribution in [3.63, 3.8) is 0 Å². The number of hydrogen-bond acceptors (Lipinski definition) is 4. The van der Waals surface area contributed by atoms with Crippen molar-refractivity contribution in [3.05, 3.63) is 147 Å². The predicted octanol–water partition coefficient (Wildman–Crippen LogP) is 6.02. The van der Waals surface area contributed by atoms with Crippen molar-refractivity contribution >= 4 is 28.7 Å². The molecule has 0 radical (unpaired) electrons. The van der Waals surface area contributed by atoms with Gasteiger partial charge in [-0.3, -0.25) is 10.2 Å². The number of hydroxylamine groups is 2. The summed E-state index contributed by atoms with van der Waals surface area (Å²) in [4.78, 5) is 10.8. The summed E-state index contributed by atoms with van der Waals surface area (Å²) in [6.45, 7) is 1.32. The maximum absolute atomic E-state index is 10.5. The van der Waals surface area contributed by atoms with E-state index < -0.39 is 0 Å². The van der Waals surface area contributed by atoms with Crippen LogP contribution in [0.3, 0.4) is 0 Å². The molecule has 0 fully saturated rings. The van der Waals surface area contributed by atoms with E-state index in [1.807, 2.05) is 42.5 Å². The van der Waals surface area contributed by atoms with E-state index in [2.05, 4.69) is 83.6 Å². The number of hydrogen-bond donors (Lipinski definition) is 1. The number of fused-ring (bicyclic) bond motifs is 3. The SMILES string of the molecule is CN(C)CCC=C1c2ccccc2CCc2ccccc21.CN=C1CN(O)C(c2ccccc2)=c2cc(Cl)ccc2=N1. The van der Waals surface area contributed by atoms with E-state index in [0.717, 1.165) is 41.9 Å². The van der Waals surface area contributed by atoms with E-state index in [9.17, 15) is 5.21 Å². The second-order valence-corrected chi connectivity index (χ2v) is 11.1. The van der Waals surface area contributed by atoms with Gasteiger partial charge in [-0.15, -0.1) is 0 Å². The van der Waals surface area contributed by atoms with Crippen LogP contribution in [0.15, 0.2) is 113 Å². The minimum absolute atomic E-state index is 0.229. The summed E-state index contributed by atoms with van der Waals surface area (Å²) in [5, 5.41) is 13.8. The molecular formula is C36H37ClN4O. The van der Waals surface area contributed by atoms with Crippen LogP contribution in [0, 0.1) is 0 Å². The lowest BCUT2D eigenvalue weighted by atomic mass is 9.93. The Labute approximate surface area is 253 Å². The molecule has 4 aromatic rings. The molecule has 5 nitrogen and oxygen atoms in total. The first kappa shape index (κ1) is 29.5. The Morgan fingerprint density at radius 3 is 2.12 bits per heavy atom. The van der Waals surface area contributed by atoms with Gasteiger partial charge >= 0.3 is 0 Å². The zero-order chi connectivity index (χ0) is 29.5. The number of rotatable bonds is 4. The number of aliphatic imine (C=N–C) groups is 1. The van der Waals surface area contributed by atoms with Crippen molar-refractivity contribution in [1.82, 2.24) is 9.96 Å². The van der Waals surface area contributed by atoms with Crippen molar-refractivity contribution in [2.45, 2.75) is 19.3 Å². The van der Waals surface area contributed by atoms with Gasteiger partial charge in [0.1, 0.15) is 12.4 Å². The second kappa shape index (κ2) is 13.8. The van der Waals surface area contributed by atoms with Gasteiger partial charge in [-0.25, -0.2) is 10.1 Å². The van der Waals surface area contributed by atoms with Crippen LogP contribution in [0.1, 0.15) is 34.2 Å². The average molecular weight is 577 g/mol. The van der Waals surface area contributed by atoms with E-state index in [1.165, 1.54) is 32.9 Å². The fourth-order valence-corrected chi connectivity index (χ4v) is 5.62. The van der Waals surface area contributed by atoms with Crippen molar-refractivity contribution < 1.29 is 5.21 Å². The highest BCUT2D eigenvalue weighted by Gasteiger charge is 2.18. The van der Waals surface area contributed by atoms with Crippen LogP contribution < -0.4 is 10.6 Å². The summed E-state index contributed by atoms with van der Waals surface area (Å²) in [5.74, 6) is 0.562.